The average molecular weight is 241 g/mol. The molecule has 0 aromatic heterocycles. The van der Waals surface area contributed by atoms with Gasteiger partial charge in [0.15, 0.2) is 0 Å². The van der Waals surface area contributed by atoms with E-state index in [0.29, 0.717) is 6.04 Å². The zero-order valence-electron chi connectivity index (χ0n) is 12.2. The van der Waals surface area contributed by atoms with E-state index in [-0.39, 0.29) is 11.5 Å². The summed E-state index contributed by atoms with van der Waals surface area (Å²) in [5.41, 5.74) is -0.283. The highest BCUT2D eigenvalue weighted by Crippen LogP contribution is 2.32. The van der Waals surface area contributed by atoms with E-state index in [9.17, 15) is 4.79 Å². The Morgan fingerprint density at radius 1 is 1.12 bits per heavy atom. The van der Waals surface area contributed by atoms with Gasteiger partial charge >= 0.3 is 6.09 Å². The van der Waals surface area contributed by atoms with Crippen LogP contribution in [0.5, 0.6) is 0 Å². The number of nitrogens with zero attached hydrogens (tertiary/aromatic N) is 1. The van der Waals surface area contributed by atoms with Crippen LogP contribution in [0.25, 0.3) is 0 Å². The number of piperidine rings is 1. The second kappa shape index (κ2) is 4.87. The number of rotatable bonds is 0. The van der Waals surface area contributed by atoms with Gasteiger partial charge in [-0.15, -0.1) is 0 Å². The first-order valence-corrected chi connectivity index (χ1v) is 6.61. The van der Waals surface area contributed by atoms with Gasteiger partial charge in [-0.25, -0.2) is 4.79 Å². The lowest BCUT2D eigenvalue weighted by atomic mass is 9.81. The minimum atomic E-state index is -0.406. The number of hydrogen-bond donors (Lipinski definition) is 0. The Hall–Kier alpha value is -0.730. The second-order valence-electron chi connectivity index (χ2n) is 7.05. The van der Waals surface area contributed by atoms with Gasteiger partial charge in [0.1, 0.15) is 5.60 Å². The third-order valence-corrected chi connectivity index (χ3v) is 3.13. The fourth-order valence-corrected chi connectivity index (χ4v) is 2.37. The molecule has 0 unspecified atom stereocenters. The van der Waals surface area contributed by atoms with E-state index < -0.39 is 5.60 Å². The quantitative estimate of drug-likeness (QED) is 0.645. The van der Waals surface area contributed by atoms with E-state index in [2.05, 4.69) is 20.8 Å². The minimum Gasteiger partial charge on any atom is -0.444 e. The van der Waals surface area contributed by atoms with Gasteiger partial charge in [-0.1, -0.05) is 20.8 Å². The molecule has 1 rings (SSSR count). The first-order chi connectivity index (χ1) is 7.61. The summed E-state index contributed by atoms with van der Waals surface area (Å²) in [5, 5.41) is 0. The predicted molar refractivity (Wildman–Crippen MR) is 70.0 cm³/mol. The summed E-state index contributed by atoms with van der Waals surface area (Å²) in [4.78, 5) is 14.1. The van der Waals surface area contributed by atoms with Crippen molar-refractivity contribution < 1.29 is 9.53 Å². The van der Waals surface area contributed by atoms with E-state index in [1.54, 1.807) is 0 Å². The Labute approximate surface area is 106 Å². The predicted octanol–water partition coefficient (Wildman–Crippen LogP) is 3.82. The lowest BCUT2D eigenvalue weighted by Crippen LogP contribution is -2.51. The number of hydrogen-bond acceptors (Lipinski definition) is 2. The van der Waals surface area contributed by atoms with Crippen molar-refractivity contribution in [3.63, 3.8) is 0 Å². The normalized spacial score (nSPS) is 22.5. The number of amides is 1. The van der Waals surface area contributed by atoms with Crippen molar-refractivity contribution in [2.45, 2.75) is 72.4 Å². The van der Waals surface area contributed by atoms with Crippen LogP contribution in [0.2, 0.25) is 0 Å². The Morgan fingerprint density at radius 3 is 2.18 bits per heavy atom. The van der Waals surface area contributed by atoms with E-state index in [0.717, 1.165) is 19.4 Å². The molecule has 0 bridgehead atoms. The maximum absolute atomic E-state index is 12.2. The molecule has 1 aliphatic heterocycles. The lowest BCUT2D eigenvalue weighted by Gasteiger charge is -2.43. The average Bonchev–Trinajstić information content (AvgIpc) is 2.13. The molecule has 1 amide bonds. The number of carbonyl (C=O) groups excluding carboxylic acids is 1. The molecule has 0 N–H and O–H groups in total. The first kappa shape index (κ1) is 14.3. The molecule has 0 saturated carbocycles. The molecule has 100 valence electrons. The molecule has 0 radical (unpaired) electrons. The topological polar surface area (TPSA) is 29.5 Å². The lowest BCUT2D eigenvalue weighted by molar-refractivity contribution is -0.00726. The van der Waals surface area contributed by atoms with Crippen LogP contribution in [0.3, 0.4) is 0 Å². The molecule has 1 heterocycles. The number of likely N-dealkylation sites (tertiary alicyclic amines) is 1. The molecule has 0 aromatic rings. The smallest absolute Gasteiger partial charge is 0.410 e. The van der Waals surface area contributed by atoms with Crippen LogP contribution in [0, 0.1) is 5.41 Å². The zero-order chi connectivity index (χ0) is 13.3. The standard InChI is InChI=1S/C14H27NO2/c1-13(2,3)11-9-7-8-10-15(11)12(16)17-14(4,5)6/h11H,7-10H2,1-6H3/t11-/m1/s1. The Kier molecular flexibility index (Phi) is 4.11. The van der Waals surface area contributed by atoms with Crippen LogP contribution in [0.4, 0.5) is 4.79 Å². The van der Waals surface area contributed by atoms with Crippen LogP contribution in [0.15, 0.2) is 0 Å². The fourth-order valence-electron chi connectivity index (χ4n) is 2.37. The van der Waals surface area contributed by atoms with E-state index in [1.807, 2.05) is 25.7 Å². The Bertz CT molecular complexity index is 273. The van der Waals surface area contributed by atoms with Gasteiger partial charge in [0.2, 0.25) is 0 Å². The molecule has 1 saturated heterocycles. The van der Waals surface area contributed by atoms with Gasteiger partial charge in [-0.3, -0.25) is 0 Å². The van der Waals surface area contributed by atoms with Crippen LogP contribution >= 0.6 is 0 Å². The van der Waals surface area contributed by atoms with Crippen molar-refractivity contribution in [1.82, 2.24) is 4.90 Å². The Morgan fingerprint density at radius 2 is 1.71 bits per heavy atom. The van der Waals surface area contributed by atoms with Gasteiger partial charge in [-0.2, -0.15) is 0 Å². The molecular weight excluding hydrogens is 214 g/mol. The summed E-state index contributed by atoms with van der Waals surface area (Å²) in [6.07, 6.45) is 3.23. The van der Waals surface area contributed by atoms with Crippen LogP contribution < -0.4 is 0 Å². The van der Waals surface area contributed by atoms with E-state index in [4.69, 9.17) is 4.74 Å². The molecular formula is C14H27NO2. The first-order valence-electron chi connectivity index (χ1n) is 6.61. The molecule has 3 nitrogen and oxygen atoms in total. The molecule has 1 aliphatic rings. The molecule has 0 aromatic carbocycles. The SMILES string of the molecule is CC(C)(C)OC(=O)N1CCCC[C@@H]1C(C)(C)C. The third kappa shape index (κ3) is 4.21. The summed E-state index contributed by atoms with van der Waals surface area (Å²) < 4.78 is 5.49. The summed E-state index contributed by atoms with van der Waals surface area (Å²) in [7, 11) is 0. The van der Waals surface area contributed by atoms with Crippen molar-refractivity contribution in [3.8, 4) is 0 Å². The maximum Gasteiger partial charge on any atom is 0.410 e. The maximum atomic E-state index is 12.2. The van der Waals surface area contributed by atoms with Crippen LogP contribution in [-0.4, -0.2) is 29.2 Å². The summed E-state index contributed by atoms with van der Waals surface area (Å²) in [5.74, 6) is 0. The van der Waals surface area contributed by atoms with Crippen molar-refractivity contribution in [3.05, 3.63) is 0 Å². The molecule has 17 heavy (non-hydrogen) atoms. The van der Waals surface area contributed by atoms with Gasteiger partial charge < -0.3 is 9.64 Å². The molecule has 1 atom stereocenters. The summed E-state index contributed by atoms with van der Waals surface area (Å²) >= 11 is 0. The highest BCUT2D eigenvalue weighted by atomic mass is 16.6. The number of carbonyl (C=O) groups is 1. The monoisotopic (exact) mass is 241 g/mol. The molecule has 0 aliphatic carbocycles. The van der Waals surface area contributed by atoms with Crippen molar-refractivity contribution in [2.24, 2.45) is 5.41 Å². The largest absolute Gasteiger partial charge is 0.444 e. The van der Waals surface area contributed by atoms with Crippen LogP contribution in [-0.2, 0) is 4.74 Å². The van der Waals surface area contributed by atoms with Gasteiger partial charge in [0.25, 0.3) is 0 Å². The van der Waals surface area contributed by atoms with Gasteiger partial charge in [-0.05, 0) is 45.4 Å². The minimum absolute atomic E-state index is 0.122. The zero-order valence-corrected chi connectivity index (χ0v) is 12.2. The van der Waals surface area contributed by atoms with Gasteiger partial charge in [0.05, 0.1) is 0 Å². The fraction of sp³-hybridized carbons (Fsp3) is 0.929. The second-order valence-corrected chi connectivity index (χ2v) is 7.05. The Balaban J connectivity index is 2.75. The summed E-state index contributed by atoms with van der Waals surface area (Å²) in [6, 6.07) is 0.297. The number of ether oxygens (including phenoxy) is 1. The highest BCUT2D eigenvalue weighted by Gasteiger charge is 2.36. The molecule has 1 fully saturated rings. The van der Waals surface area contributed by atoms with E-state index in [1.165, 1.54) is 6.42 Å². The molecule has 3 heteroatoms. The van der Waals surface area contributed by atoms with E-state index >= 15 is 0 Å². The molecule has 0 spiro atoms. The van der Waals surface area contributed by atoms with Crippen molar-refractivity contribution >= 4 is 6.09 Å². The van der Waals surface area contributed by atoms with Gasteiger partial charge in [0, 0.05) is 12.6 Å². The van der Waals surface area contributed by atoms with Crippen molar-refractivity contribution in [2.75, 3.05) is 6.54 Å². The summed E-state index contributed by atoms with van der Waals surface area (Å²) in [6.45, 7) is 13.2. The third-order valence-electron chi connectivity index (χ3n) is 3.13. The van der Waals surface area contributed by atoms with Crippen LogP contribution in [0.1, 0.15) is 60.8 Å². The highest BCUT2D eigenvalue weighted by molar-refractivity contribution is 5.68. The van der Waals surface area contributed by atoms with Crippen molar-refractivity contribution in [1.29, 1.82) is 0 Å².